The van der Waals surface area contributed by atoms with Crippen molar-refractivity contribution in [2.45, 2.75) is 38.0 Å². The van der Waals surface area contributed by atoms with Crippen molar-refractivity contribution < 1.29 is 16.0 Å². The molecule has 0 atom stereocenters. The van der Waals surface area contributed by atoms with Crippen LogP contribution in [0.3, 0.4) is 0 Å². The summed E-state index contributed by atoms with van der Waals surface area (Å²) in [4.78, 5) is 11.3. The zero-order chi connectivity index (χ0) is 15.7. The smallest absolute Gasteiger partial charge is 0.341 e. The molecule has 0 radical (unpaired) electrons. The van der Waals surface area contributed by atoms with Gasteiger partial charge in [-0.3, -0.25) is 0 Å². The van der Waals surface area contributed by atoms with E-state index in [0.717, 1.165) is 29.2 Å². The lowest BCUT2D eigenvalue weighted by molar-refractivity contribution is 0.0696. The van der Waals surface area contributed by atoms with E-state index in [-0.39, 0.29) is 9.13 Å². The molecule has 2 aromatic carbocycles. The normalized spacial score (nSPS) is 16.2. The van der Waals surface area contributed by atoms with Crippen LogP contribution in [0.15, 0.2) is 30.3 Å². The molecule has 1 N–H and O–H groups in total. The SMILES string of the molecule is O=C(O)c1cc2cccc(C3CCCCC3)c2cc1I(=O)=O. The van der Waals surface area contributed by atoms with Crippen LogP contribution >= 0.6 is 19.8 Å². The van der Waals surface area contributed by atoms with E-state index in [1.54, 1.807) is 6.07 Å². The Bertz CT molecular complexity index is 794. The van der Waals surface area contributed by atoms with Gasteiger partial charge in [-0.1, -0.05) is 37.5 Å². The first-order valence-electron chi connectivity index (χ1n) is 7.43. The van der Waals surface area contributed by atoms with Crippen LogP contribution in [-0.4, -0.2) is 11.1 Å². The van der Waals surface area contributed by atoms with Gasteiger partial charge in [0, 0.05) is 0 Å². The van der Waals surface area contributed by atoms with Crippen LogP contribution in [0.1, 0.15) is 53.9 Å². The number of fused-ring (bicyclic) bond motifs is 1. The molecule has 1 aliphatic rings. The topological polar surface area (TPSA) is 71.4 Å². The van der Waals surface area contributed by atoms with Crippen molar-refractivity contribution in [3.8, 4) is 0 Å². The molecule has 0 aromatic heterocycles. The Kier molecular flexibility index (Phi) is 4.42. The van der Waals surface area contributed by atoms with Crippen molar-refractivity contribution in [2.75, 3.05) is 0 Å². The number of carboxylic acid groups (broad SMARTS) is 1. The zero-order valence-electron chi connectivity index (χ0n) is 12.0. The minimum absolute atomic E-state index is 0.00698. The van der Waals surface area contributed by atoms with E-state index in [4.69, 9.17) is 0 Å². The third kappa shape index (κ3) is 2.86. The molecule has 3 rings (SSSR count). The van der Waals surface area contributed by atoms with E-state index in [2.05, 4.69) is 6.07 Å². The molecular weight excluding hydrogens is 395 g/mol. The number of halogens is 1. The van der Waals surface area contributed by atoms with E-state index < -0.39 is 25.8 Å². The van der Waals surface area contributed by atoms with Crippen molar-refractivity contribution in [1.82, 2.24) is 0 Å². The molecule has 1 fully saturated rings. The lowest BCUT2D eigenvalue weighted by atomic mass is 9.82. The number of carboxylic acids is 1. The van der Waals surface area contributed by atoms with Gasteiger partial charge in [-0.25, -0.2) is 10.9 Å². The molecule has 0 unspecified atom stereocenters. The maximum atomic E-state index is 11.5. The predicted molar refractivity (Wildman–Crippen MR) is 90.8 cm³/mol. The molecule has 0 saturated heterocycles. The maximum Gasteiger partial charge on any atom is 0.341 e. The Morgan fingerprint density at radius 3 is 2.45 bits per heavy atom. The third-order valence-corrected chi connectivity index (χ3v) is 6.28. The average Bonchev–Trinajstić information content (AvgIpc) is 2.53. The maximum absolute atomic E-state index is 11.5. The van der Waals surface area contributed by atoms with Crippen molar-refractivity contribution in [2.24, 2.45) is 0 Å². The number of benzene rings is 2. The first kappa shape index (κ1) is 15.4. The Morgan fingerprint density at radius 2 is 1.82 bits per heavy atom. The van der Waals surface area contributed by atoms with Crippen molar-refractivity contribution >= 4 is 36.5 Å². The molecule has 0 heterocycles. The summed E-state index contributed by atoms with van der Waals surface area (Å²) in [6.45, 7) is 0. The van der Waals surface area contributed by atoms with Crippen molar-refractivity contribution in [3.63, 3.8) is 0 Å². The predicted octanol–water partition coefficient (Wildman–Crippen LogP) is 4.95. The summed E-state index contributed by atoms with van der Waals surface area (Å²) >= 11 is -3.85. The summed E-state index contributed by atoms with van der Waals surface area (Å²) in [6, 6.07) is 8.91. The Labute approximate surface area is 135 Å². The molecule has 2 aromatic rings. The molecule has 0 aliphatic heterocycles. The van der Waals surface area contributed by atoms with Crippen LogP contribution in [0.5, 0.6) is 0 Å². The van der Waals surface area contributed by atoms with Gasteiger partial charge in [0.05, 0.1) is 9.13 Å². The highest BCUT2D eigenvalue weighted by Gasteiger charge is 2.21. The van der Waals surface area contributed by atoms with Crippen LogP contribution in [0.25, 0.3) is 10.8 Å². The Hall–Kier alpha value is -1.50. The van der Waals surface area contributed by atoms with Gasteiger partial charge in [-0.2, -0.15) is 0 Å². The van der Waals surface area contributed by atoms with Crippen LogP contribution in [0, 0.1) is 3.57 Å². The highest BCUT2D eigenvalue weighted by Crippen LogP contribution is 2.38. The van der Waals surface area contributed by atoms with Gasteiger partial charge in [0.15, 0.2) is 0 Å². The van der Waals surface area contributed by atoms with E-state index in [9.17, 15) is 16.0 Å². The van der Waals surface area contributed by atoms with E-state index >= 15 is 0 Å². The number of aromatic carboxylic acids is 1. The highest BCUT2D eigenvalue weighted by atomic mass is 127. The summed E-state index contributed by atoms with van der Waals surface area (Å²) in [6.07, 6.45) is 5.89. The minimum atomic E-state index is -3.85. The second-order valence-electron chi connectivity index (χ2n) is 5.76. The van der Waals surface area contributed by atoms with E-state index in [1.165, 1.54) is 25.3 Å². The van der Waals surface area contributed by atoms with Gasteiger partial charge >= 0.3 is 25.8 Å². The first-order chi connectivity index (χ1) is 10.6. The number of hydrogen-bond acceptors (Lipinski definition) is 3. The molecule has 1 aliphatic carbocycles. The Morgan fingerprint density at radius 1 is 1.09 bits per heavy atom. The van der Waals surface area contributed by atoms with Gasteiger partial charge < -0.3 is 5.11 Å². The molecular formula is C17H17IO4. The molecule has 0 bridgehead atoms. The average molecular weight is 412 g/mol. The standard InChI is InChI=1S/C17H17IO4/c19-17(20)15-9-12-7-4-8-13(11-5-2-1-3-6-11)14(12)10-16(15)18(21)22/h4,7-11H,1-3,5-6H2,(H,19,20). The fourth-order valence-electron chi connectivity index (χ4n) is 3.38. The second-order valence-corrected chi connectivity index (χ2v) is 8.16. The van der Waals surface area contributed by atoms with Crippen molar-refractivity contribution in [1.29, 1.82) is 0 Å². The summed E-state index contributed by atoms with van der Waals surface area (Å²) in [5.74, 6) is -0.740. The van der Waals surface area contributed by atoms with Gasteiger partial charge in [-0.05, 0) is 47.2 Å². The van der Waals surface area contributed by atoms with Crippen LogP contribution in [0.2, 0.25) is 0 Å². The highest BCUT2D eigenvalue weighted by molar-refractivity contribution is 14.2. The Balaban J connectivity index is 2.23. The third-order valence-electron chi connectivity index (χ3n) is 4.44. The van der Waals surface area contributed by atoms with Crippen LogP contribution < -0.4 is 0 Å². The monoisotopic (exact) mass is 412 g/mol. The first-order valence-corrected chi connectivity index (χ1v) is 10.3. The van der Waals surface area contributed by atoms with Gasteiger partial charge in [-0.15, -0.1) is 0 Å². The lowest BCUT2D eigenvalue weighted by Crippen LogP contribution is -2.06. The number of rotatable bonds is 3. The molecule has 116 valence electrons. The van der Waals surface area contributed by atoms with Gasteiger partial charge in [0.2, 0.25) is 0 Å². The summed E-state index contributed by atoms with van der Waals surface area (Å²) in [5.41, 5.74) is 1.05. The van der Waals surface area contributed by atoms with E-state index in [1.807, 2.05) is 12.1 Å². The zero-order valence-corrected chi connectivity index (χ0v) is 14.2. The largest absolute Gasteiger partial charge is 0.478 e. The van der Waals surface area contributed by atoms with Gasteiger partial charge in [0.25, 0.3) is 0 Å². The fourth-order valence-corrected chi connectivity index (χ4v) is 4.81. The quantitative estimate of drug-likeness (QED) is 0.724. The summed E-state index contributed by atoms with van der Waals surface area (Å²) in [7, 11) is 0. The molecule has 5 heteroatoms. The van der Waals surface area contributed by atoms with Gasteiger partial charge in [0.1, 0.15) is 0 Å². The van der Waals surface area contributed by atoms with Crippen LogP contribution in [0.4, 0.5) is 0 Å². The minimum Gasteiger partial charge on any atom is -0.478 e. The summed E-state index contributed by atoms with van der Waals surface area (Å²) < 4.78 is 23.0. The summed E-state index contributed by atoms with van der Waals surface area (Å²) in [5, 5.41) is 10.9. The molecule has 0 amide bonds. The van der Waals surface area contributed by atoms with Crippen molar-refractivity contribution in [3.05, 3.63) is 45.0 Å². The van der Waals surface area contributed by atoms with E-state index in [0.29, 0.717) is 5.92 Å². The lowest BCUT2D eigenvalue weighted by Gasteiger charge is -2.23. The molecule has 4 nitrogen and oxygen atoms in total. The number of hydrogen-bond donors (Lipinski definition) is 1. The van der Waals surface area contributed by atoms with Crippen LogP contribution in [-0.2, 0) is 6.14 Å². The molecule has 22 heavy (non-hydrogen) atoms. The second kappa shape index (κ2) is 6.32. The molecule has 0 spiro atoms. The number of carbonyl (C=O) groups is 1. The fraction of sp³-hybridized carbons (Fsp3) is 0.353. The molecule has 1 saturated carbocycles.